The Morgan fingerprint density at radius 2 is 1.44 bits per heavy atom. The molecule has 0 radical (unpaired) electrons. The summed E-state index contributed by atoms with van der Waals surface area (Å²) >= 11 is 1.58. The zero-order valence-electron chi connectivity index (χ0n) is 45.9. The number of fused-ring (bicyclic) bond motifs is 1. The fourth-order valence-corrected chi connectivity index (χ4v) is 11.5. The average molecular weight is 1080 g/mol. The molecule has 4 heterocycles. The van der Waals surface area contributed by atoms with Crippen molar-refractivity contribution in [1.82, 2.24) is 35.2 Å². The molecule has 8 rings (SSSR count). The number of rotatable bonds is 22. The Bertz CT molecular complexity index is 2900. The summed E-state index contributed by atoms with van der Waals surface area (Å²) in [5.74, 6) is -1.40. The number of thiazole rings is 1. The van der Waals surface area contributed by atoms with Gasteiger partial charge >= 0.3 is 0 Å². The number of aliphatic hydroxyl groups is 1. The van der Waals surface area contributed by atoms with Gasteiger partial charge < -0.3 is 45.4 Å². The van der Waals surface area contributed by atoms with E-state index in [0.717, 1.165) is 102 Å². The van der Waals surface area contributed by atoms with Crippen LogP contribution < -0.4 is 15.4 Å². The van der Waals surface area contributed by atoms with Gasteiger partial charge in [0, 0.05) is 89.8 Å². The van der Waals surface area contributed by atoms with Crippen LogP contribution in [0.3, 0.4) is 0 Å². The number of nitrogens with one attached hydrogen (secondary N) is 2. The Labute approximate surface area is 462 Å². The first kappa shape index (κ1) is 57.4. The number of likely N-dealkylation sites (tertiary alicyclic amines) is 1. The fraction of sp³-hybridized carbons (Fsp3) is 0.475. The number of amides is 5. The van der Waals surface area contributed by atoms with E-state index in [1.165, 1.54) is 11.0 Å². The Kier molecular flexibility index (Phi) is 19.3. The number of hydrogen-bond acceptors (Lipinski definition) is 12. The van der Waals surface area contributed by atoms with Gasteiger partial charge in [-0.25, -0.2) is 4.98 Å². The standard InChI is InChI=1S/C61H77N7O9S/c1-40-50(70)32-51(71)54(55(40)77-38-43-16-12-11-13-17-43)59(75)67-35-46-25-22-44(30-47(46)36-67)34-65-26-28-66(29-27-65)53(73)19-15-10-8-6-7-9-14-18-52(72)64-57(61(3,4)5)60(76)68-37-48(69)31-49(68)58(74)62-33-42-20-23-45(24-21-42)56-41(2)63-39-78-56/h11-13,16-17,20-25,30,32,39,48-49,57,69-71H,6-10,14-15,18-19,26-29,31,33-38H2,1-5H3,(H,62,74)(H,64,72)/t48-,49+,57?/m1/s1. The highest BCUT2D eigenvalue weighted by Gasteiger charge is 2.44. The minimum absolute atomic E-state index is 0.0214. The molecule has 0 saturated carbocycles. The van der Waals surface area contributed by atoms with E-state index < -0.39 is 23.6 Å². The number of aryl methyl sites for hydroxylation is 1. The quantitative estimate of drug-likeness (QED) is 0.0416. The van der Waals surface area contributed by atoms with Crippen LogP contribution in [0.4, 0.5) is 0 Å². The molecule has 4 aromatic carbocycles. The van der Waals surface area contributed by atoms with Crippen LogP contribution in [0.15, 0.2) is 84.4 Å². The Morgan fingerprint density at radius 3 is 2.12 bits per heavy atom. The first-order valence-electron chi connectivity index (χ1n) is 27.6. The van der Waals surface area contributed by atoms with Crippen molar-refractivity contribution < 1.29 is 44.0 Å². The fourth-order valence-electron chi connectivity index (χ4n) is 10.7. The van der Waals surface area contributed by atoms with Crippen LogP contribution in [0.1, 0.15) is 134 Å². The van der Waals surface area contributed by atoms with Crippen molar-refractivity contribution in [1.29, 1.82) is 0 Å². The summed E-state index contributed by atoms with van der Waals surface area (Å²) in [6.07, 6.45) is 6.46. The van der Waals surface area contributed by atoms with E-state index in [1.54, 1.807) is 23.2 Å². The lowest BCUT2D eigenvalue weighted by Gasteiger charge is -2.35. The molecule has 17 heteroatoms. The lowest BCUT2D eigenvalue weighted by Crippen LogP contribution is -2.57. The van der Waals surface area contributed by atoms with Gasteiger partial charge in [-0.2, -0.15) is 0 Å². The third-order valence-corrected chi connectivity index (χ3v) is 16.3. The lowest BCUT2D eigenvalue weighted by molar-refractivity contribution is -0.144. The molecule has 0 aliphatic carbocycles. The number of benzene rings is 4. The number of phenols is 2. The van der Waals surface area contributed by atoms with Gasteiger partial charge in [0.05, 0.1) is 22.2 Å². The second-order valence-electron chi connectivity index (χ2n) is 22.4. The molecule has 5 aromatic rings. The number of β-amino-alcohol motifs (C(OH)–C–C–N with tert-alkyl or cyclic N) is 1. The van der Waals surface area contributed by atoms with E-state index >= 15 is 0 Å². The van der Waals surface area contributed by atoms with Crippen molar-refractivity contribution in [2.45, 2.75) is 150 Å². The predicted octanol–water partition coefficient (Wildman–Crippen LogP) is 8.54. The van der Waals surface area contributed by atoms with Crippen molar-refractivity contribution in [3.63, 3.8) is 0 Å². The highest BCUT2D eigenvalue weighted by Crippen LogP contribution is 2.40. The van der Waals surface area contributed by atoms with Crippen molar-refractivity contribution in [2.24, 2.45) is 5.41 Å². The normalized spacial score (nSPS) is 17.0. The molecule has 3 aliphatic rings. The van der Waals surface area contributed by atoms with Crippen LogP contribution in [-0.4, -0.2) is 120 Å². The summed E-state index contributed by atoms with van der Waals surface area (Å²) in [4.78, 5) is 80.8. The van der Waals surface area contributed by atoms with E-state index in [1.807, 2.05) is 92.7 Å². The van der Waals surface area contributed by atoms with Gasteiger partial charge in [0.15, 0.2) is 0 Å². The average Bonchev–Trinajstić information content (AvgIpc) is 4.20. The second-order valence-corrected chi connectivity index (χ2v) is 23.2. The molecule has 1 unspecified atom stereocenters. The summed E-state index contributed by atoms with van der Waals surface area (Å²) in [6.45, 7) is 14.2. The van der Waals surface area contributed by atoms with Gasteiger partial charge in [0.25, 0.3) is 5.91 Å². The molecule has 1 aromatic heterocycles. The third kappa shape index (κ3) is 14.6. The van der Waals surface area contributed by atoms with Crippen molar-refractivity contribution in [3.05, 3.63) is 129 Å². The monoisotopic (exact) mass is 1080 g/mol. The summed E-state index contributed by atoms with van der Waals surface area (Å²) in [5.41, 5.74) is 8.67. The number of aromatic nitrogens is 1. The zero-order valence-corrected chi connectivity index (χ0v) is 46.7. The van der Waals surface area contributed by atoms with Crippen LogP contribution in [0.2, 0.25) is 0 Å². The molecule has 16 nitrogen and oxygen atoms in total. The van der Waals surface area contributed by atoms with E-state index in [-0.39, 0.29) is 84.9 Å². The maximum absolute atomic E-state index is 14.1. The van der Waals surface area contributed by atoms with Gasteiger partial charge in [-0.05, 0) is 65.5 Å². The smallest absolute Gasteiger partial charge is 0.262 e. The number of hydrogen-bond donors (Lipinski definition) is 5. The van der Waals surface area contributed by atoms with Gasteiger partial charge in [-0.1, -0.05) is 126 Å². The van der Waals surface area contributed by atoms with Crippen molar-refractivity contribution >= 4 is 40.9 Å². The number of unbranched alkanes of at least 4 members (excludes halogenated alkanes) is 6. The molecular formula is C61H77N7O9S. The highest BCUT2D eigenvalue weighted by atomic mass is 32.1. The summed E-state index contributed by atoms with van der Waals surface area (Å²) < 4.78 is 6.08. The summed E-state index contributed by atoms with van der Waals surface area (Å²) in [5, 5.41) is 37.9. The Morgan fingerprint density at radius 1 is 0.769 bits per heavy atom. The maximum Gasteiger partial charge on any atom is 0.262 e. The largest absolute Gasteiger partial charge is 0.507 e. The Hall–Kier alpha value is -6.82. The van der Waals surface area contributed by atoms with Gasteiger partial charge in [-0.3, -0.25) is 28.9 Å². The minimum atomic E-state index is -0.867. The van der Waals surface area contributed by atoms with Crippen molar-refractivity contribution in [3.8, 4) is 27.7 Å². The molecule has 5 amide bonds. The van der Waals surface area contributed by atoms with Gasteiger partial charge in [-0.15, -0.1) is 11.3 Å². The number of piperazine rings is 1. The van der Waals surface area contributed by atoms with Gasteiger partial charge in [0.2, 0.25) is 23.6 Å². The molecule has 2 fully saturated rings. The number of aromatic hydroxyl groups is 2. The number of ether oxygens (including phenoxy) is 1. The topological polar surface area (TPSA) is 205 Å². The SMILES string of the molecule is Cc1ncsc1-c1ccc(CNC(=O)[C@@H]2C[C@@H](O)CN2C(=O)C(NC(=O)CCCCCCCCCC(=O)N2CCN(Cc3ccc4c(c3)CN(C(=O)c3c(O)cc(O)c(C)c3OCc3ccccc3)C4)CC2)C(C)(C)C)cc1. The molecule has 78 heavy (non-hydrogen) atoms. The second kappa shape index (κ2) is 26.2. The first-order valence-corrected chi connectivity index (χ1v) is 28.5. The summed E-state index contributed by atoms with van der Waals surface area (Å²) in [6, 6.07) is 23.2. The van der Waals surface area contributed by atoms with Crippen LogP contribution in [-0.2, 0) is 52.0 Å². The minimum Gasteiger partial charge on any atom is -0.507 e. The molecule has 2 saturated heterocycles. The maximum atomic E-state index is 14.1. The number of aliphatic hydroxyl groups excluding tert-OH is 1. The number of nitrogens with zero attached hydrogens (tertiary/aromatic N) is 5. The molecule has 0 bridgehead atoms. The molecule has 3 aliphatic heterocycles. The zero-order chi connectivity index (χ0) is 55.5. The van der Waals surface area contributed by atoms with E-state index in [9.17, 15) is 39.3 Å². The van der Waals surface area contributed by atoms with E-state index in [2.05, 4.69) is 38.7 Å². The van der Waals surface area contributed by atoms with Gasteiger partial charge in [0.1, 0.15) is 41.5 Å². The van der Waals surface area contributed by atoms with Crippen LogP contribution in [0, 0.1) is 19.3 Å². The van der Waals surface area contributed by atoms with Crippen LogP contribution >= 0.6 is 11.3 Å². The predicted molar refractivity (Wildman–Crippen MR) is 300 cm³/mol. The van der Waals surface area contributed by atoms with E-state index in [4.69, 9.17) is 4.74 Å². The lowest BCUT2D eigenvalue weighted by atomic mass is 9.85. The molecular weight excluding hydrogens is 1010 g/mol. The molecule has 3 atom stereocenters. The first-order chi connectivity index (χ1) is 37.4. The number of carbonyl (C=O) groups excluding carboxylic acids is 5. The highest BCUT2D eigenvalue weighted by molar-refractivity contribution is 7.13. The van der Waals surface area contributed by atoms with Crippen molar-refractivity contribution in [2.75, 3.05) is 32.7 Å². The van der Waals surface area contributed by atoms with Crippen LogP contribution in [0.5, 0.6) is 17.2 Å². The molecule has 0 spiro atoms. The molecule has 5 N–H and O–H groups in total. The Balaban J connectivity index is 0.691. The van der Waals surface area contributed by atoms with Crippen LogP contribution in [0.25, 0.3) is 10.4 Å². The van der Waals surface area contributed by atoms with E-state index in [0.29, 0.717) is 44.6 Å². The third-order valence-electron chi connectivity index (χ3n) is 15.3. The summed E-state index contributed by atoms with van der Waals surface area (Å²) in [7, 11) is 0. The number of carbonyl (C=O) groups is 5. The molecule has 416 valence electrons. The number of phenolic OH excluding ortho intramolecular Hbond substituents is 2.